The van der Waals surface area contributed by atoms with Crippen LogP contribution in [-0.2, 0) is 25.7 Å². The van der Waals surface area contributed by atoms with Crippen molar-refractivity contribution >= 4 is 9.28 Å². The summed E-state index contributed by atoms with van der Waals surface area (Å²) >= 11 is 0. The Labute approximate surface area is 131 Å². The molecule has 0 aliphatic rings. The van der Waals surface area contributed by atoms with Gasteiger partial charge < -0.3 is 14.0 Å². The Balaban J connectivity index is 3.40. The summed E-state index contributed by atoms with van der Waals surface area (Å²) in [7, 11) is 1.74. The van der Waals surface area contributed by atoms with Gasteiger partial charge in [0.15, 0.2) is 0 Å². The zero-order valence-corrected chi connectivity index (χ0v) is 15.9. The fraction of sp³-hybridized carbons (Fsp3) is 0.647. The van der Waals surface area contributed by atoms with Crippen molar-refractivity contribution in [3.8, 4) is 5.75 Å². The van der Waals surface area contributed by atoms with Crippen LogP contribution in [-0.4, -0.2) is 28.6 Å². The predicted octanol–water partition coefficient (Wildman–Crippen LogP) is 3.58. The van der Waals surface area contributed by atoms with E-state index in [0.29, 0.717) is 5.75 Å². The Hall–Kier alpha value is -0.843. The maximum absolute atomic E-state index is 10.7. The van der Waals surface area contributed by atoms with Crippen molar-refractivity contribution in [2.75, 3.05) is 14.2 Å². The second-order valence-corrected chi connectivity index (χ2v) is 9.85. The van der Waals surface area contributed by atoms with Crippen molar-refractivity contribution in [3.05, 3.63) is 28.8 Å². The third-order valence-corrected chi connectivity index (χ3v) is 5.57. The van der Waals surface area contributed by atoms with Crippen molar-refractivity contribution in [3.63, 3.8) is 0 Å². The first-order chi connectivity index (χ1) is 9.50. The van der Waals surface area contributed by atoms with E-state index in [1.165, 1.54) is 5.56 Å². The molecule has 1 N–H and O–H groups in total. The molecule has 3 nitrogen and oxygen atoms in total. The minimum Gasteiger partial charge on any atom is -0.507 e. The molecular weight excluding hydrogens is 280 g/mol. The van der Waals surface area contributed by atoms with Crippen LogP contribution in [0, 0.1) is 0 Å². The van der Waals surface area contributed by atoms with Crippen LogP contribution in [0.25, 0.3) is 0 Å². The highest BCUT2D eigenvalue weighted by Gasteiger charge is 2.27. The average Bonchev–Trinajstić information content (AvgIpc) is 2.34. The molecule has 1 aromatic rings. The Bertz CT molecular complexity index is 445. The molecule has 0 bridgehead atoms. The number of hydrogen-bond donors (Lipinski definition) is 1. The molecule has 0 aliphatic heterocycles. The van der Waals surface area contributed by atoms with Gasteiger partial charge in [0.1, 0.15) is 5.75 Å². The van der Waals surface area contributed by atoms with Gasteiger partial charge in [-0.2, -0.15) is 0 Å². The number of phenols is 1. The molecule has 21 heavy (non-hydrogen) atoms. The highest BCUT2D eigenvalue weighted by Crippen LogP contribution is 2.39. The van der Waals surface area contributed by atoms with Crippen LogP contribution in [0.15, 0.2) is 12.1 Å². The minimum absolute atomic E-state index is 0.0999. The van der Waals surface area contributed by atoms with E-state index in [0.717, 1.165) is 17.2 Å². The Morgan fingerprint density at radius 3 is 1.57 bits per heavy atom. The molecule has 0 amide bonds. The second-order valence-electron chi connectivity index (χ2n) is 7.64. The van der Waals surface area contributed by atoms with Crippen LogP contribution in [0.2, 0.25) is 0 Å². The van der Waals surface area contributed by atoms with Crippen LogP contribution in [0.1, 0.15) is 58.2 Å². The largest absolute Gasteiger partial charge is 0.507 e. The summed E-state index contributed by atoms with van der Waals surface area (Å²) in [6.07, 6.45) is 0. The summed E-state index contributed by atoms with van der Waals surface area (Å²) in [6, 6.07) is 5.00. The van der Waals surface area contributed by atoms with E-state index in [9.17, 15) is 5.11 Å². The van der Waals surface area contributed by atoms with Gasteiger partial charge in [-0.3, -0.25) is 0 Å². The van der Waals surface area contributed by atoms with Gasteiger partial charge in [-0.15, -0.1) is 0 Å². The number of rotatable bonds is 4. The SMILES string of the molecule is CO[SiH](Cc1cc(C(C)(C)C)c(O)c(C(C)(C)C)c1)OC. The minimum atomic E-state index is -1.67. The first-order valence-corrected chi connectivity index (χ1v) is 9.19. The Morgan fingerprint density at radius 1 is 0.905 bits per heavy atom. The Kier molecular flexibility index (Phi) is 5.64. The van der Waals surface area contributed by atoms with Gasteiger partial charge in [-0.1, -0.05) is 53.7 Å². The third-order valence-electron chi connectivity index (χ3n) is 3.71. The molecule has 0 fully saturated rings. The van der Waals surface area contributed by atoms with E-state index < -0.39 is 9.28 Å². The Morgan fingerprint density at radius 2 is 1.29 bits per heavy atom. The first kappa shape index (κ1) is 18.2. The van der Waals surface area contributed by atoms with E-state index in [1.54, 1.807) is 14.2 Å². The maximum atomic E-state index is 10.7. The zero-order valence-electron chi connectivity index (χ0n) is 14.7. The lowest BCUT2D eigenvalue weighted by Crippen LogP contribution is -2.24. The van der Waals surface area contributed by atoms with Crippen LogP contribution in [0.4, 0.5) is 0 Å². The summed E-state index contributed by atoms with van der Waals surface area (Å²) in [5.41, 5.74) is 2.96. The van der Waals surface area contributed by atoms with Gasteiger partial charge in [-0.05, 0) is 27.5 Å². The van der Waals surface area contributed by atoms with E-state index in [4.69, 9.17) is 8.85 Å². The van der Waals surface area contributed by atoms with Gasteiger partial charge in [-0.25, -0.2) is 0 Å². The van der Waals surface area contributed by atoms with Crippen molar-refractivity contribution in [2.45, 2.75) is 58.4 Å². The average molecular weight is 311 g/mol. The van der Waals surface area contributed by atoms with Crippen LogP contribution in [0.5, 0.6) is 5.75 Å². The molecule has 4 heteroatoms. The van der Waals surface area contributed by atoms with Crippen molar-refractivity contribution in [1.29, 1.82) is 0 Å². The zero-order chi connectivity index (χ0) is 16.4. The lowest BCUT2D eigenvalue weighted by molar-refractivity contribution is 0.277. The van der Waals surface area contributed by atoms with Gasteiger partial charge in [0, 0.05) is 20.3 Å². The lowest BCUT2D eigenvalue weighted by Gasteiger charge is -2.28. The molecule has 1 rings (SSSR count). The summed E-state index contributed by atoms with van der Waals surface area (Å²) in [4.78, 5) is 0. The standard InChI is InChI=1S/C17H30O3Si/c1-16(2,3)13-9-12(11-21(19-7)20-8)10-14(15(13)18)17(4,5)6/h9-10,18,21H,11H2,1-8H3. The second kappa shape index (κ2) is 6.51. The number of hydrogen-bond acceptors (Lipinski definition) is 3. The molecule has 0 saturated heterocycles. The molecule has 0 radical (unpaired) electrons. The summed E-state index contributed by atoms with van der Waals surface area (Å²) in [6.45, 7) is 12.7. The monoisotopic (exact) mass is 310 g/mol. The molecule has 1 aromatic carbocycles. The summed E-state index contributed by atoms with van der Waals surface area (Å²) in [5, 5.41) is 10.7. The number of phenolic OH excluding ortho intramolecular Hbond substituents is 1. The molecule has 0 saturated carbocycles. The highest BCUT2D eigenvalue weighted by atomic mass is 28.3. The fourth-order valence-electron chi connectivity index (χ4n) is 2.41. The quantitative estimate of drug-likeness (QED) is 0.864. The van der Waals surface area contributed by atoms with E-state index in [2.05, 4.69) is 53.7 Å². The summed E-state index contributed by atoms with van der Waals surface area (Å²) in [5.74, 6) is 0.423. The van der Waals surface area contributed by atoms with E-state index in [-0.39, 0.29) is 10.8 Å². The van der Waals surface area contributed by atoms with Gasteiger partial charge >= 0.3 is 9.28 Å². The molecule has 0 unspecified atom stereocenters. The van der Waals surface area contributed by atoms with Gasteiger partial charge in [0.2, 0.25) is 0 Å². The molecule has 0 spiro atoms. The van der Waals surface area contributed by atoms with Crippen LogP contribution < -0.4 is 0 Å². The maximum Gasteiger partial charge on any atom is 0.325 e. The van der Waals surface area contributed by atoms with Crippen LogP contribution in [0.3, 0.4) is 0 Å². The highest BCUT2D eigenvalue weighted by molar-refractivity contribution is 6.43. The number of aromatic hydroxyl groups is 1. The normalized spacial score (nSPS) is 13.0. The smallest absolute Gasteiger partial charge is 0.325 e. The van der Waals surface area contributed by atoms with Crippen LogP contribution >= 0.6 is 0 Å². The van der Waals surface area contributed by atoms with E-state index in [1.807, 2.05) is 0 Å². The molecule has 0 aliphatic carbocycles. The molecule has 120 valence electrons. The van der Waals surface area contributed by atoms with Crippen molar-refractivity contribution < 1.29 is 14.0 Å². The topological polar surface area (TPSA) is 38.7 Å². The van der Waals surface area contributed by atoms with Crippen molar-refractivity contribution in [2.24, 2.45) is 0 Å². The first-order valence-electron chi connectivity index (χ1n) is 7.43. The van der Waals surface area contributed by atoms with Crippen molar-refractivity contribution in [1.82, 2.24) is 0 Å². The van der Waals surface area contributed by atoms with Gasteiger partial charge in [0.05, 0.1) is 0 Å². The third kappa shape index (κ3) is 4.56. The summed E-state index contributed by atoms with van der Waals surface area (Å²) < 4.78 is 10.9. The molecular formula is C17H30O3Si. The van der Waals surface area contributed by atoms with E-state index >= 15 is 0 Å². The molecule has 0 atom stereocenters. The fourth-order valence-corrected chi connectivity index (χ4v) is 3.56. The molecule has 0 heterocycles. The van der Waals surface area contributed by atoms with Gasteiger partial charge in [0.25, 0.3) is 0 Å². The predicted molar refractivity (Wildman–Crippen MR) is 90.4 cm³/mol. The lowest BCUT2D eigenvalue weighted by atomic mass is 9.78. The number of benzene rings is 1. The molecule has 0 aromatic heterocycles.